The van der Waals surface area contributed by atoms with Gasteiger partial charge in [0.25, 0.3) is 0 Å². The molecule has 4 heterocycles. The Kier molecular flexibility index (Phi) is 6.19. The second kappa shape index (κ2) is 9.38. The van der Waals surface area contributed by atoms with Crippen LogP contribution in [0.2, 0.25) is 0 Å². The lowest BCUT2D eigenvalue weighted by atomic mass is 10.1. The molecular formula is C25H30N4O2S. The number of aromatic nitrogens is 3. The third-order valence-electron chi connectivity index (χ3n) is 6.19. The van der Waals surface area contributed by atoms with Gasteiger partial charge < -0.3 is 23.9 Å². The lowest BCUT2D eigenvalue weighted by Crippen LogP contribution is -2.34. The molecule has 4 aromatic rings. The van der Waals surface area contributed by atoms with Crippen LogP contribution in [0, 0.1) is 0 Å². The Morgan fingerprint density at radius 1 is 1.12 bits per heavy atom. The molecule has 1 N–H and O–H groups in total. The molecule has 0 atom stereocenters. The first-order valence-corrected chi connectivity index (χ1v) is 12.3. The van der Waals surface area contributed by atoms with Crippen molar-refractivity contribution >= 4 is 21.6 Å². The van der Waals surface area contributed by atoms with Crippen LogP contribution in [-0.4, -0.2) is 39.9 Å². The molecule has 0 aliphatic carbocycles. The molecule has 3 aromatic heterocycles. The number of hydrogen-bond donors (Lipinski definition) is 1. The number of aryl methyl sites for hydroxylation is 2. The highest BCUT2D eigenvalue weighted by atomic mass is 32.1. The minimum atomic E-state index is 0.308. The first-order valence-electron chi connectivity index (χ1n) is 11.4. The Hall–Kier alpha value is -2.77. The zero-order valence-corrected chi connectivity index (χ0v) is 19.5. The zero-order chi connectivity index (χ0) is 21.9. The van der Waals surface area contributed by atoms with Crippen LogP contribution in [0.1, 0.15) is 25.5 Å². The van der Waals surface area contributed by atoms with E-state index in [1.54, 1.807) is 11.3 Å². The van der Waals surface area contributed by atoms with Crippen molar-refractivity contribution in [3.63, 3.8) is 0 Å². The van der Waals surface area contributed by atoms with Gasteiger partial charge in [0, 0.05) is 18.9 Å². The van der Waals surface area contributed by atoms with Gasteiger partial charge in [0.05, 0.1) is 22.5 Å². The summed E-state index contributed by atoms with van der Waals surface area (Å²) in [6.07, 6.45) is 5.36. The predicted octanol–water partition coefficient (Wildman–Crippen LogP) is 4.88. The van der Waals surface area contributed by atoms with Crippen molar-refractivity contribution in [3.8, 4) is 23.0 Å². The number of thiophene rings is 1. The summed E-state index contributed by atoms with van der Waals surface area (Å²) in [5.74, 6) is 2.78. The van der Waals surface area contributed by atoms with Crippen LogP contribution < -0.4 is 14.8 Å². The molecule has 0 unspecified atom stereocenters. The fourth-order valence-electron chi connectivity index (χ4n) is 4.39. The van der Waals surface area contributed by atoms with Crippen LogP contribution in [-0.2, 0) is 20.0 Å². The highest BCUT2D eigenvalue weighted by molar-refractivity contribution is 7.17. The summed E-state index contributed by atoms with van der Waals surface area (Å²) < 4.78 is 18.0. The van der Waals surface area contributed by atoms with Gasteiger partial charge in [-0.05, 0) is 74.1 Å². The van der Waals surface area contributed by atoms with Crippen molar-refractivity contribution in [2.45, 2.75) is 38.8 Å². The monoisotopic (exact) mass is 450 g/mol. The van der Waals surface area contributed by atoms with Gasteiger partial charge in [-0.1, -0.05) is 6.92 Å². The number of nitrogens with one attached hydrogen (secondary N) is 1. The van der Waals surface area contributed by atoms with E-state index in [0.29, 0.717) is 12.7 Å². The SMILES string of the molecule is CCc1cnc(-c2cc3sccc3n2C)n1CCOc1ccc(OC2CCNCC2)cc1. The molecule has 0 spiro atoms. The van der Waals surface area contributed by atoms with Gasteiger partial charge in [0.1, 0.15) is 24.2 Å². The highest BCUT2D eigenvalue weighted by Crippen LogP contribution is 2.30. The van der Waals surface area contributed by atoms with Gasteiger partial charge in [-0.2, -0.15) is 0 Å². The number of rotatable bonds is 8. The van der Waals surface area contributed by atoms with E-state index in [1.165, 1.54) is 15.9 Å². The third-order valence-corrected chi connectivity index (χ3v) is 7.04. The van der Waals surface area contributed by atoms with Crippen LogP contribution in [0.25, 0.3) is 21.7 Å². The van der Waals surface area contributed by atoms with Crippen molar-refractivity contribution in [3.05, 3.63) is 53.7 Å². The molecule has 1 aliphatic heterocycles. The molecule has 0 bridgehead atoms. The van der Waals surface area contributed by atoms with Crippen LogP contribution in [0.5, 0.6) is 11.5 Å². The first-order chi connectivity index (χ1) is 15.7. The molecule has 0 saturated carbocycles. The van der Waals surface area contributed by atoms with Gasteiger partial charge in [-0.15, -0.1) is 11.3 Å². The molecule has 5 rings (SSSR count). The van der Waals surface area contributed by atoms with E-state index >= 15 is 0 Å². The quantitative estimate of drug-likeness (QED) is 0.416. The maximum absolute atomic E-state index is 6.09. The summed E-state index contributed by atoms with van der Waals surface area (Å²) in [5.41, 5.74) is 3.62. The zero-order valence-electron chi connectivity index (χ0n) is 18.7. The molecule has 168 valence electrons. The molecule has 1 fully saturated rings. The molecule has 1 saturated heterocycles. The molecule has 1 aromatic carbocycles. The van der Waals surface area contributed by atoms with Gasteiger partial charge in [-0.25, -0.2) is 4.98 Å². The lowest BCUT2D eigenvalue weighted by Gasteiger charge is -2.23. The molecular weight excluding hydrogens is 420 g/mol. The predicted molar refractivity (Wildman–Crippen MR) is 130 cm³/mol. The molecule has 0 amide bonds. The van der Waals surface area contributed by atoms with E-state index in [4.69, 9.17) is 14.5 Å². The first kappa shape index (κ1) is 21.1. The Morgan fingerprint density at radius 2 is 1.91 bits per heavy atom. The number of imidazole rings is 1. The van der Waals surface area contributed by atoms with Crippen molar-refractivity contribution in [1.82, 2.24) is 19.4 Å². The number of fused-ring (bicyclic) bond motifs is 1. The van der Waals surface area contributed by atoms with Crippen LogP contribution in [0.3, 0.4) is 0 Å². The lowest BCUT2D eigenvalue weighted by molar-refractivity contribution is 0.162. The number of nitrogens with zero attached hydrogens (tertiary/aromatic N) is 3. The van der Waals surface area contributed by atoms with E-state index in [2.05, 4.69) is 45.9 Å². The summed E-state index contributed by atoms with van der Waals surface area (Å²) in [7, 11) is 2.11. The molecule has 32 heavy (non-hydrogen) atoms. The maximum atomic E-state index is 6.09. The van der Waals surface area contributed by atoms with Gasteiger partial charge in [0.2, 0.25) is 0 Å². The average molecular weight is 451 g/mol. The third kappa shape index (κ3) is 4.27. The number of piperidine rings is 1. The largest absolute Gasteiger partial charge is 0.492 e. The van der Waals surface area contributed by atoms with Gasteiger partial charge in [0.15, 0.2) is 5.82 Å². The standard InChI is InChI=1S/C25H30N4O2S/c1-3-18-17-27-25(23-16-24-22(28(23)2)10-15-32-24)29(18)13-14-30-19-4-6-20(7-5-19)31-21-8-11-26-12-9-21/h4-7,10,15-17,21,26H,3,8-9,11-14H2,1-2H3. The fraction of sp³-hybridized carbons (Fsp3) is 0.400. The number of benzene rings is 1. The summed E-state index contributed by atoms with van der Waals surface area (Å²) in [5, 5.41) is 5.50. The second-order valence-electron chi connectivity index (χ2n) is 8.22. The summed E-state index contributed by atoms with van der Waals surface area (Å²) in [6, 6.07) is 12.4. The van der Waals surface area contributed by atoms with Gasteiger partial charge >= 0.3 is 0 Å². The van der Waals surface area contributed by atoms with Gasteiger partial charge in [-0.3, -0.25) is 0 Å². The highest BCUT2D eigenvalue weighted by Gasteiger charge is 2.17. The van der Waals surface area contributed by atoms with Crippen LogP contribution in [0.15, 0.2) is 48.0 Å². The minimum absolute atomic E-state index is 0.308. The minimum Gasteiger partial charge on any atom is -0.492 e. The topological polar surface area (TPSA) is 53.2 Å². The van der Waals surface area contributed by atoms with E-state index in [-0.39, 0.29) is 0 Å². The summed E-state index contributed by atoms with van der Waals surface area (Å²) in [6.45, 7) is 5.57. The van der Waals surface area contributed by atoms with E-state index in [9.17, 15) is 0 Å². The summed E-state index contributed by atoms with van der Waals surface area (Å²) >= 11 is 1.77. The number of hydrogen-bond acceptors (Lipinski definition) is 5. The fourth-order valence-corrected chi connectivity index (χ4v) is 5.24. The van der Waals surface area contributed by atoms with E-state index < -0.39 is 0 Å². The Morgan fingerprint density at radius 3 is 2.66 bits per heavy atom. The average Bonchev–Trinajstić information content (AvgIpc) is 3.52. The second-order valence-corrected chi connectivity index (χ2v) is 9.17. The van der Waals surface area contributed by atoms with E-state index in [0.717, 1.165) is 61.9 Å². The Labute approximate surface area is 192 Å². The summed E-state index contributed by atoms with van der Waals surface area (Å²) in [4.78, 5) is 4.76. The Balaban J connectivity index is 1.24. The maximum Gasteiger partial charge on any atom is 0.157 e. The van der Waals surface area contributed by atoms with Crippen molar-refractivity contribution in [2.24, 2.45) is 7.05 Å². The van der Waals surface area contributed by atoms with Crippen molar-refractivity contribution in [2.75, 3.05) is 19.7 Å². The molecule has 0 radical (unpaired) electrons. The van der Waals surface area contributed by atoms with Crippen LogP contribution >= 0.6 is 11.3 Å². The van der Waals surface area contributed by atoms with Crippen LogP contribution in [0.4, 0.5) is 0 Å². The molecule has 6 nitrogen and oxygen atoms in total. The van der Waals surface area contributed by atoms with Crippen molar-refractivity contribution < 1.29 is 9.47 Å². The van der Waals surface area contributed by atoms with Crippen molar-refractivity contribution in [1.29, 1.82) is 0 Å². The normalized spacial score (nSPS) is 14.8. The molecule has 1 aliphatic rings. The smallest absolute Gasteiger partial charge is 0.157 e. The van der Waals surface area contributed by atoms with E-state index in [1.807, 2.05) is 30.5 Å². The Bertz CT molecular complexity index is 1170. The molecule has 7 heteroatoms. The number of ether oxygens (including phenoxy) is 2.